The van der Waals surface area contributed by atoms with E-state index in [2.05, 4.69) is 18.3 Å². The maximum atomic E-state index is 8.65. The summed E-state index contributed by atoms with van der Waals surface area (Å²) < 4.78 is 0. The highest BCUT2D eigenvalue weighted by Gasteiger charge is 1.94. The first-order valence-corrected chi connectivity index (χ1v) is 10.0. The number of aliphatic hydroxyl groups excluding tert-OH is 1. The lowest BCUT2D eigenvalue weighted by Crippen LogP contribution is -2.21. The Morgan fingerprint density at radius 2 is 1.13 bits per heavy atom. The van der Waals surface area contributed by atoms with Crippen LogP contribution in [-0.2, 0) is 0 Å². The lowest BCUT2D eigenvalue weighted by molar-refractivity contribution is -0.0350. The summed E-state index contributed by atoms with van der Waals surface area (Å²) in [6.45, 7) is 2.48. The van der Waals surface area contributed by atoms with Crippen LogP contribution >= 0.6 is 0 Å². The van der Waals surface area contributed by atoms with Gasteiger partial charge in [-0.3, -0.25) is 0 Å². The molecule has 0 fully saturated rings. The second-order valence-electron chi connectivity index (χ2n) is 6.68. The molecule has 0 aliphatic carbocycles. The van der Waals surface area contributed by atoms with Crippen molar-refractivity contribution in [3.63, 3.8) is 0 Å². The Balaban J connectivity index is 3.02. The molecule has 23 heavy (non-hydrogen) atoms. The van der Waals surface area contributed by atoms with Crippen LogP contribution in [-0.4, -0.2) is 23.0 Å². The van der Waals surface area contributed by atoms with Crippen molar-refractivity contribution in [2.75, 3.05) is 6.54 Å². The highest BCUT2D eigenvalue weighted by Crippen LogP contribution is 2.13. The summed E-state index contributed by atoms with van der Waals surface area (Å²) in [4.78, 5) is 0. The van der Waals surface area contributed by atoms with Crippen molar-refractivity contribution in [1.82, 2.24) is 5.32 Å². The highest BCUT2D eigenvalue weighted by molar-refractivity contribution is 4.79. The van der Waals surface area contributed by atoms with Gasteiger partial charge in [-0.1, -0.05) is 96.5 Å². The van der Waals surface area contributed by atoms with Crippen molar-refractivity contribution in [3.8, 4) is 0 Å². The molecule has 0 radical (unpaired) electrons. The molecular formula is C20H41NO2. The van der Waals surface area contributed by atoms with Gasteiger partial charge in [0, 0.05) is 0 Å². The molecule has 0 heterocycles. The molecule has 3 nitrogen and oxygen atoms in total. The third-order valence-corrected chi connectivity index (χ3v) is 4.26. The van der Waals surface area contributed by atoms with Crippen LogP contribution in [0.25, 0.3) is 0 Å². The zero-order valence-corrected chi connectivity index (χ0v) is 15.4. The zero-order chi connectivity index (χ0) is 17.0. The molecule has 0 spiro atoms. The van der Waals surface area contributed by atoms with Crippen LogP contribution in [0.15, 0.2) is 12.3 Å². The Kier molecular flexibility index (Phi) is 19.0. The van der Waals surface area contributed by atoms with Crippen LogP contribution in [0.4, 0.5) is 0 Å². The minimum Gasteiger partial charge on any atom is -0.386 e. The van der Waals surface area contributed by atoms with Gasteiger partial charge in [0.25, 0.3) is 0 Å². The Bertz CT molecular complexity index is 242. The number of allylic oxidation sites excluding steroid dienone is 1. The summed E-state index contributed by atoms with van der Waals surface area (Å²) >= 11 is 0. The van der Waals surface area contributed by atoms with Crippen LogP contribution in [0.3, 0.4) is 0 Å². The van der Waals surface area contributed by atoms with Gasteiger partial charge in [0.1, 0.15) is 0 Å². The second-order valence-corrected chi connectivity index (χ2v) is 6.68. The molecule has 3 heteroatoms. The van der Waals surface area contributed by atoms with E-state index >= 15 is 0 Å². The topological polar surface area (TPSA) is 52.5 Å². The van der Waals surface area contributed by atoms with E-state index in [-0.39, 0.29) is 6.54 Å². The maximum absolute atomic E-state index is 8.65. The first-order valence-electron chi connectivity index (χ1n) is 10.0. The fraction of sp³-hybridized carbons (Fsp3) is 0.900. The molecule has 0 saturated carbocycles. The van der Waals surface area contributed by atoms with Gasteiger partial charge in [-0.15, -0.1) is 0 Å². The second kappa shape index (κ2) is 19.5. The van der Waals surface area contributed by atoms with E-state index in [0.29, 0.717) is 0 Å². The van der Waals surface area contributed by atoms with Gasteiger partial charge in [-0.25, -0.2) is 0 Å². The number of hydrogen-bond acceptors (Lipinski definition) is 3. The first-order chi connectivity index (χ1) is 11.3. The SMILES string of the molecule is CCCCCCCCCCCCCCCCC=CNCC(O)O. The van der Waals surface area contributed by atoms with Gasteiger partial charge in [0.2, 0.25) is 0 Å². The van der Waals surface area contributed by atoms with E-state index in [9.17, 15) is 0 Å². The van der Waals surface area contributed by atoms with Crippen LogP contribution in [0.5, 0.6) is 0 Å². The van der Waals surface area contributed by atoms with Gasteiger partial charge in [0.15, 0.2) is 6.29 Å². The summed E-state index contributed by atoms with van der Waals surface area (Å²) in [5.41, 5.74) is 0. The van der Waals surface area contributed by atoms with E-state index in [4.69, 9.17) is 10.2 Å². The lowest BCUT2D eigenvalue weighted by Gasteiger charge is -2.03. The van der Waals surface area contributed by atoms with Gasteiger partial charge in [-0.2, -0.15) is 0 Å². The fourth-order valence-corrected chi connectivity index (χ4v) is 2.80. The average molecular weight is 328 g/mol. The number of unbranched alkanes of at least 4 members (excludes halogenated alkanes) is 14. The number of aliphatic hydroxyl groups is 2. The quantitative estimate of drug-likeness (QED) is 0.237. The number of rotatable bonds is 18. The molecule has 0 aromatic heterocycles. The first kappa shape index (κ1) is 22.5. The van der Waals surface area contributed by atoms with Crippen LogP contribution in [0.1, 0.15) is 103 Å². The largest absolute Gasteiger partial charge is 0.386 e. The molecule has 0 bridgehead atoms. The Labute approximate surface area is 144 Å². The minimum atomic E-state index is -1.26. The third kappa shape index (κ3) is 21.5. The molecular weight excluding hydrogens is 286 g/mol. The molecule has 0 aliphatic heterocycles. The molecule has 0 aliphatic rings. The van der Waals surface area contributed by atoms with Crippen molar-refractivity contribution in [2.45, 2.75) is 110 Å². The van der Waals surface area contributed by atoms with Gasteiger partial charge >= 0.3 is 0 Å². The maximum Gasteiger partial charge on any atom is 0.169 e. The van der Waals surface area contributed by atoms with E-state index in [1.807, 2.05) is 6.20 Å². The van der Waals surface area contributed by atoms with E-state index in [0.717, 1.165) is 6.42 Å². The van der Waals surface area contributed by atoms with Crippen molar-refractivity contribution < 1.29 is 10.2 Å². The van der Waals surface area contributed by atoms with Gasteiger partial charge in [-0.05, 0) is 19.0 Å². The molecule has 0 saturated heterocycles. The minimum absolute atomic E-state index is 0.204. The molecule has 0 aromatic carbocycles. The molecule has 0 unspecified atom stereocenters. The highest BCUT2D eigenvalue weighted by atomic mass is 16.5. The van der Waals surface area contributed by atoms with Crippen molar-refractivity contribution in [1.29, 1.82) is 0 Å². The van der Waals surface area contributed by atoms with Gasteiger partial charge in [0.05, 0.1) is 6.54 Å². The Hall–Kier alpha value is -0.540. The summed E-state index contributed by atoms with van der Waals surface area (Å²) in [7, 11) is 0. The van der Waals surface area contributed by atoms with Crippen LogP contribution in [0.2, 0.25) is 0 Å². The van der Waals surface area contributed by atoms with E-state index < -0.39 is 6.29 Å². The molecule has 0 aromatic rings. The lowest BCUT2D eigenvalue weighted by atomic mass is 10.0. The van der Waals surface area contributed by atoms with Crippen LogP contribution < -0.4 is 5.32 Å². The molecule has 0 atom stereocenters. The van der Waals surface area contributed by atoms with Crippen molar-refractivity contribution in [2.24, 2.45) is 0 Å². The summed E-state index contributed by atoms with van der Waals surface area (Å²) in [6.07, 6.45) is 23.2. The summed E-state index contributed by atoms with van der Waals surface area (Å²) in [6, 6.07) is 0. The molecule has 0 amide bonds. The number of nitrogens with one attached hydrogen (secondary N) is 1. The molecule has 138 valence electrons. The summed E-state index contributed by atoms with van der Waals surface area (Å²) in [5.74, 6) is 0. The van der Waals surface area contributed by atoms with E-state index in [1.165, 1.54) is 89.9 Å². The predicted molar refractivity (Wildman–Crippen MR) is 100 cm³/mol. The molecule has 0 rings (SSSR count). The standard InChI is InChI=1S/C20H41NO2/c1-2-3-4-5-6-7-8-9-10-11-12-13-14-15-16-17-18-21-19-20(22)23/h17-18,20-23H,2-16,19H2,1H3. The summed E-state index contributed by atoms with van der Waals surface area (Å²) in [5, 5.41) is 20.1. The average Bonchev–Trinajstić information content (AvgIpc) is 2.53. The fourth-order valence-electron chi connectivity index (χ4n) is 2.80. The Morgan fingerprint density at radius 3 is 1.57 bits per heavy atom. The molecule has 3 N–H and O–H groups in total. The zero-order valence-electron chi connectivity index (χ0n) is 15.4. The van der Waals surface area contributed by atoms with Gasteiger partial charge < -0.3 is 15.5 Å². The number of hydrogen-bond donors (Lipinski definition) is 3. The smallest absolute Gasteiger partial charge is 0.169 e. The normalized spacial score (nSPS) is 11.7. The van der Waals surface area contributed by atoms with E-state index in [1.54, 1.807) is 0 Å². The monoisotopic (exact) mass is 327 g/mol. The third-order valence-electron chi connectivity index (χ3n) is 4.26. The van der Waals surface area contributed by atoms with Crippen molar-refractivity contribution in [3.05, 3.63) is 12.3 Å². The Morgan fingerprint density at radius 1 is 0.696 bits per heavy atom. The predicted octanol–water partition coefficient (Wildman–Crippen LogP) is 5.27. The van der Waals surface area contributed by atoms with Crippen molar-refractivity contribution >= 4 is 0 Å². The van der Waals surface area contributed by atoms with Crippen LogP contribution in [0, 0.1) is 0 Å².